The Morgan fingerprint density at radius 1 is 1.33 bits per heavy atom. The van der Waals surface area contributed by atoms with Crippen molar-refractivity contribution in [2.24, 2.45) is 5.92 Å². The summed E-state index contributed by atoms with van der Waals surface area (Å²) in [6.07, 6.45) is 0. The molecule has 15 heavy (non-hydrogen) atoms. The average Bonchev–Trinajstić information content (AvgIpc) is 2.12. The fourth-order valence-electron chi connectivity index (χ4n) is 1.43. The molecule has 1 aromatic rings. The van der Waals surface area contributed by atoms with Crippen molar-refractivity contribution in [2.45, 2.75) is 20.8 Å². The molecule has 2 N–H and O–H groups in total. The molecule has 0 fully saturated rings. The first-order valence-electron chi connectivity index (χ1n) is 5.04. The lowest BCUT2D eigenvalue weighted by atomic mass is 10.1. The van der Waals surface area contributed by atoms with Gasteiger partial charge in [0.1, 0.15) is 0 Å². The summed E-state index contributed by atoms with van der Waals surface area (Å²) >= 11 is 0. The molecule has 0 aromatic heterocycles. The minimum absolute atomic E-state index is 0.370. The van der Waals surface area contributed by atoms with Gasteiger partial charge in [-0.3, -0.25) is 4.79 Å². The highest BCUT2D eigenvalue weighted by atomic mass is 16.4. The maximum atomic E-state index is 10.6. The summed E-state index contributed by atoms with van der Waals surface area (Å²) in [5, 5.41) is 11.9. The third kappa shape index (κ3) is 3.62. The molecule has 0 aliphatic rings. The average molecular weight is 207 g/mol. The fourth-order valence-corrected chi connectivity index (χ4v) is 1.43. The van der Waals surface area contributed by atoms with Gasteiger partial charge in [-0.2, -0.15) is 0 Å². The number of carboxylic acids is 1. The van der Waals surface area contributed by atoms with E-state index in [0.717, 1.165) is 5.69 Å². The molecule has 82 valence electrons. The van der Waals surface area contributed by atoms with Crippen molar-refractivity contribution in [3.63, 3.8) is 0 Å². The molecule has 0 radical (unpaired) electrons. The molecule has 0 bridgehead atoms. The van der Waals surface area contributed by atoms with E-state index < -0.39 is 5.97 Å². The number of hydrogen-bond donors (Lipinski definition) is 2. The van der Waals surface area contributed by atoms with E-state index in [0.29, 0.717) is 6.54 Å². The quantitative estimate of drug-likeness (QED) is 0.797. The SMILES string of the molecule is Cc1cc(C)cc(NCC(C)C(=O)O)c1. The molecule has 0 spiro atoms. The monoisotopic (exact) mass is 207 g/mol. The molecule has 1 rings (SSSR count). The fraction of sp³-hybridized carbons (Fsp3) is 0.417. The van der Waals surface area contributed by atoms with Crippen LogP contribution < -0.4 is 5.32 Å². The van der Waals surface area contributed by atoms with E-state index >= 15 is 0 Å². The number of aliphatic carboxylic acids is 1. The maximum absolute atomic E-state index is 10.6. The number of benzene rings is 1. The number of carboxylic acid groups (broad SMARTS) is 1. The van der Waals surface area contributed by atoms with E-state index in [4.69, 9.17) is 5.11 Å². The number of rotatable bonds is 4. The van der Waals surface area contributed by atoms with Crippen LogP contribution in [0.25, 0.3) is 0 Å². The number of carbonyl (C=O) groups is 1. The van der Waals surface area contributed by atoms with Gasteiger partial charge in [0.05, 0.1) is 5.92 Å². The first-order chi connectivity index (χ1) is 6.99. The zero-order chi connectivity index (χ0) is 11.4. The molecule has 0 aliphatic carbocycles. The third-order valence-electron chi connectivity index (χ3n) is 2.26. The van der Waals surface area contributed by atoms with Crippen molar-refractivity contribution in [1.29, 1.82) is 0 Å². The molecule has 3 heteroatoms. The van der Waals surface area contributed by atoms with Gasteiger partial charge in [0.15, 0.2) is 0 Å². The molecule has 0 amide bonds. The van der Waals surface area contributed by atoms with Gasteiger partial charge < -0.3 is 10.4 Å². The third-order valence-corrected chi connectivity index (χ3v) is 2.26. The zero-order valence-electron chi connectivity index (χ0n) is 9.37. The maximum Gasteiger partial charge on any atom is 0.308 e. The standard InChI is InChI=1S/C12H17NO2/c1-8-4-9(2)6-11(5-8)13-7-10(3)12(14)15/h4-6,10,13H,7H2,1-3H3,(H,14,15). The Hall–Kier alpha value is -1.51. The molecular formula is C12H17NO2. The van der Waals surface area contributed by atoms with E-state index in [1.54, 1.807) is 6.92 Å². The minimum Gasteiger partial charge on any atom is -0.481 e. The topological polar surface area (TPSA) is 49.3 Å². The Bertz CT molecular complexity index is 340. The zero-order valence-corrected chi connectivity index (χ0v) is 9.37. The van der Waals surface area contributed by atoms with Crippen LogP contribution in [-0.4, -0.2) is 17.6 Å². The lowest BCUT2D eigenvalue weighted by Gasteiger charge is -2.11. The lowest BCUT2D eigenvalue weighted by Crippen LogP contribution is -2.19. The largest absolute Gasteiger partial charge is 0.481 e. The van der Waals surface area contributed by atoms with Gasteiger partial charge in [-0.15, -0.1) is 0 Å². The smallest absolute Gasteiger partial charge is 0.308 e. The Balaban J connectivity index is 2.61. The second-order valence-electron chi connectivity index (χ2n) is 4.00. The summed E-state index contributed by atoms with van der Waals surface area (Å²) in [6, 6.07) is 6.12. The van der Waals surface area contributed by atoms with Crippen LogP contribution in [0, 0.1) is 19.8 Å². The van der Waals surface area contributed by atoms with Gasteiger partial charge in [-0.1, -0.05) is 13.0 Å². The van der Waals surface area contributed by atoms with Crippen molar-refractivity contribution in [3.8, 4) is 0 Å². The molecule has 3 nitrogen and oxygen atoms in total. The highest BCUT2D eigenvalue weighted by Gasteiger charge is 2.09. The van der Waals surface area contributed by atoms with Gasteiger partial charge in [0, 0.05) is 12.2 Å². The van der Waals surface area contributed by atoms with Gasteiger partial charge in [-0.05, 0) is 37.1 Å². The van der Waals surface area contributed by atoms with Gasteiger partial charge >= 0.3 is 5.97 Å². The summed E-state index contributed by atoms with van der Waals surface area (Å²) in [7, 11) is 0. The number of hydrogen-bond acceptors (Lipinski definition) is 2. The van der Waals surface area contributed by atoms with Gasteiger partial charge in [0.25, 0.3) is 0 Å². The van der Waals surface area contributed by atoms with Gasteiger partial charge in [0.2, 0.25) is 0 Å². The van der Waals surface area contributed by atoms with E-state index in [1.165, 1.54) is 11.1 Å². The second kappa shape index (κ2) is 4.82. The van der Waals surface area contributed by atoms with E-state index in [2.05, 4.69) is 11.4 Å². The summed E-state index contributed by atoms with van der Waals surface area (Å²) in [4.78, 5) is 10.6. The van der Waals surface area contributed by atoms with Gasteiger partial charge in [-0.25, -0.2) is 0 Å². The predicted octanol–water partition coefficient (Wildman–Crippen LogP) is 2.44. The summed E-state index contributed by atoms with van der Waals surface area (Å²) in [5.41, 5.74) is 3.35. The van der Waals surface area contributed by atoms with E-state index in [-0.39, 0.29) is 5.92 Å². The van der Waals surface area contributed by atoms with Crippen LogP contribution in [0.15, 0.2) is 18.2 Å². The normalized spacial score (nSPS) is 12.2. The van der Waals surface area contributed by atoms with E-state index in [9.17, 15) is 4.79 Å². The molecule has 1 aromatic carbocycles. The summed E-state index contributed by atoms with van der Waals surface area (Å²) in [6.45, 7) is 6.20. The van der Waals surface area contributed by atoms with Crippen molar-refractivity contribution in [3.05, 3.63) is 29.3 Å². The van der Waals surface area contributed by atoms with Crippen LogP contribution in [0.2, 0.25) is 0 Å². The second-order valence-corrected chi connectivity index (χ2v) is 4.00. The van der Waals surface area contributed by atoms with Crippen molar-refractivity contribution in [1.82, 2.24) is 0 Å². The van der Waals surface area contributed by atoms with Crippen molar-refractivity contribution in [2.75, 3.05) is 11.9 Å². The Kier molecular flexibility index (Phi) is 3.72. The number of aryl methyl sites for hydroxylation is 2. The molecule has 1 atom stereocenters. The Morgan fingerprint density at radius 3 is 2.33 bits per heavy atom. The predicted molar refractivity (Wildman–Crippen MR) is 61.2 cm³/mol. The van der Waals surface area contributed by atoms with Crippen LogP contribution in [-0.2, 0) is 4.79 Å². The molecule has 1 unspecified atom stereocenters. The van der Waals surface area contributed by atoms with Crippen molar-refractivity contribution < 1.29 is 9.90 Å². The molecule has 0 saturated carbocycles. The Morgan fingerprint density at radius 2 is 1.87 bits per heavy atom. The highest BCUT2D eigenvalue weighted by Crippen LogP contribution is 2.14. The molecule has 0 saturated heterocycles. The minimum atomic E-state index is -0.771. The van der Waals surface area contributed by atoms with Crippen LogP contribution in [0.1, 0.15) is 18.1 Å². The van der Waals surface area contributed by atoms with Crippen molar-refractivity contribution >= 4 is 11.7 Å². The number of nitrogens with one attached hydrogen (secondary N) is 1. The van der Waals surface area contributed by atoms with Crippen LogP contribution in [0.5, 0.6) is 0 Å². The Labute approximate surface area is 90.1 Å². The van der Waals surface area contributed by atoms with Crippen LogP contribution >= 0.6 is 0 Å². The first kappa shape index (κ1) is 11.6. The molecular weight excluding hydrogens is 190 g/mol. The van der Waals surface area contributed by atoms with Crippen LogP contribution in [0.3, 0.4) is 0 Å². The molecule has 0 heterocycles. The number of anilines is 1. The van der Waals surface area contributed by atoms with Crippen LogP contribution in [0.4, 0.5) is 5.69 Å². The highest BCUT2D eigenvalue weighted by molar-refractivity contribution is 5.70. The first-order valence-corrected chi connectivity index (χ1v) is 5.04. The van der Waals surface area contributed by atoms with E-state index in [1.807, 2.05) is 26.0 Å². The summed E-state index contributed by atoms with van der Waals surface area (Å²) < 4.78 is 0. The lowest BCUT2D eigenvalue weighted by molar-refractivity contribution is -0.140. The summed E-state index contributed by atoms with van der Waals surface area (Å²) in [5.74, 6) is -1.14. The molecule has 0 aliphatic heterocycles.